The van der Waals surface area contributed by atoms with Gasteiger partial charge in [0.15, 0.2) is 11.6 Å². The first-order valence-corrected chi connectivity index (χ1v) is 9.68. The number of hydrogen-bond acceptors (Lipinski definition) is 6. The first-order chi connectivity index (χ1) is 14.3. The van der Waals surface area contributed by atoms with E-state index < -0.39 is 11.9 Å². The fourth-order valence-corrected chi connectivity index (χ4v) is 1.94. The third-order valence-electron chi connectivity index (χ3n) is 3.40. The Kier molecular flexibility index (Phi) is 16.1. The molecular weight excluding hydrogens is 384 g/mol. The maximum Gasteiger partial charge on any atom is 0.337 e. The van der Waals surface area contributed by atoms with Gasteiger partial charge in [0.25, 0.3) is 0 Å². The summed E-state index contributed by atoms with van der Waals surface area (Å²) >= 11 is 0. The Balaban J connectivity index is 0. The molecule has 2 aromatic carbocycles. The lowest BCUT2D eigenvalue weighted by atomic mass is 10.1. The Morgan fingerprint density at radius 1 is 0.567 bits per heavy atom. The summed E-state index contributed by atoms with van der Waals surface area (Å²) in [5.41, 5.74) is 1.96. The van der Waals surface area contributed by atoms with Crippen LogP contribution in [0.3, 0.4) is 0 Å². The highest BCUT2D eigenvalue weighted by atomic mass is 16.5. The Bertz CT molecular complexity index is 807. The molecule has 0 amide bonds. The van der Waals surface area contributed by atoms with E-state index in [4.69, 9.17) is 0 Å². The third kappa shape index (κ3) is 10.3. The van der Waals surface area contributed by atoms with E-state index in [1.54, 1.807) is 42.5 Å². The number of methoxy groups -OCH3 is 2. The lowest BCUT2D eigenvalue weighted by Crippen LogP contribution is -2.02. The fraction of sp³-hybridized carbons (Fsp3) is 0.333. The minimum Gasteiger partial charge on any atom is -0.465 e. The zero-order valence-electron chi connectivity index (χ0n) is 19.1. The number of rotatable bonds is 4. The van der Waals surface area contributed by atoms with E-state index in [2.05, 4.69) is 9.47 Å². The minimum absolute atomic E-state index is 0.0172. The summed E-state index contributed by atoms with van der Waals surface area (Å²) in [5.74, 6) is -0.902. The predicted octanol–water partition coefficient (Wildman–Crippen LogP) is 5.40. The number of hydrogen-bond donors (Lipinski definition) is 0. The first-order valence-electron chi connectivity index (χ1n) is 9.68. The Hall–Kier alpha value is -3.28. The molecule has 2 aromatic rings. The van der Waals surface area contributed by atoms with Gasteiger partial charge in [-0.15, -0.1) is 0 Å². The van der Waals surface area contributed by atoms with Crippen LogP contribution in [-0.4, -0.2) is 37.7 Å². The number of carbonyl (C=O) groups is 4. The van der Waals surface area contributed by atoms with Crippen molar-refractivity contribution in [2.45, 2.75) is 41.5 Å². The molecule has 0 aliphatic rings. The monoisotopic (exact) mass is 416 g/mol. The molecule has 0 spiro atoms. The predicted molar refractivity (Wildman–Crippen MR) is 118 cm³/mol. The van der Waals surface area contributed by atoms with Gasteiger partial charge >= 0.3 is 11.9 Å². The van der Waals surface area contributed by atoms with Crippen molar-refractivity contribution in [3.8, 4) is 0 Å². The van der Waals surface area contributed by atoms with E-state index in [1.165, 1.54) is 34.1 Å². The van der Waals surface area contributed by atoms with Gasteiger partial charge < -0.3 is 9.47 Å². The van der Waals surface area contributed by atoms with Gasteiger partial charge in [0, 0.05) is 11.1 Å². The van der Waals surface area contributed by atoms with E-state index in [9.17, 15) is 19.2 Å². The van der Waals surface area contributed by atoms with Gasteiger partial charge in [-0.2, -0.15) is 0 Å². The molecule has 0 bridgehead atoms. The van der Waals surface area contributed by atoms with Gasteiger partial charge in [-0.05, 0) is 38.1 Å². The molecule has 6 nitrogen and oxygen atoms in total. The van der Waals surface area contributed by atoms with E-state index in [0.717, 1.165) is 0 Å². The third-order valence-corrected chi connectivity index (χ3v) is 3.40. The van der Waals surface area contributed by atoms with Crippen LogP contribution >= 0.6 is 0 Å². The molecule has 0 radical (unpaired) electrons. The summed E-state index contributed by atoms with van der Waals surface area (Å²) in [5, 5.41) is 0. The van der Waals surface area contributed by atoms with Gasteiger partial charge in [0.1, 0.15) is 0 Å². The zero-order chi connectivity index (χ0) is 23.7. The van der Waals surface area contributed by atoms with Crippen LogP contribution in [-0.2, 0) is 9.47 Å². The standard InChI is InChI=1S/2C10H10O3.2C2H6/c1-7(11)8-3-5-9(6-4-8)10(12)13-2;1-7(11)8-4-3-5-9(6-8)10(12)13-2;2*1-2/h2*3-6H,1-2H3;2*1-2H3. The summed E-state index contributed by atoms with van der Waals surface area (Å²) in [6.07, 6.45) is 0. The van der Waals surface area contributed by atoms with E-state index >= 15 is 0 Å². The van der Waals surface area contributed by atoms with Gasteiger partial charge in [-0.1, -0.05) is 52.0 Å². The SMILES string of the molecule is CC.CC.COC(=O)c1ccc(C(C)=O)cc1.COC(=O)c1cccc(C(C)=O)c1. The average Bonchev–Trinajstić information content (AvgIpc) is 2.81. The molecule has 0 saturated heterocycles. The summed E-state index contributed by atoms with van der Waals surface area (Å²) < 4.78 is 9.03. The first kappa shape index (κ1) is 28.9. The van der Waals surface area contributed by atoms with Crippen molar-refractivity contribution >= 4 is 23.5 Å². The van der Waals surface area contributed by atoms with Gasteiger partial charge in [0.05, 0.1) is 25.3 Å². The topological polar surface area (TPSA) is 86.7 Å². The Morgan fingerprint density at radius 2 is 0.933 bits per heavy atom. The van der Waals surface area contributed by atoms with Crippen LogP contribution in [0.1, 0.15) is 83.0 Å². The highest BCUT2D eigenvalue weighted by molar-refractivity contribution is 5.98. The van der Waals surface area contributed by atoms with Crippen LogP contribution in [0.4, 0.5) is 0 Å². The molecular formula is C24H32O6. The molecule has 0 aliphatic carbocycles. The molecule has 0 unspecified atom stereocenters. The van der Waals surface area contributed by atoms with E-state index in [0.29, 0.717) is 22.3 Å². The zero-order valence-corrected chi connectivity index (χ0v) is 19.1. The van der Waals surface area contributed by atoms with Gasteiger partial charge in [-0.25, -0.2) is 9.59 Å². The Morgan fingerprint density at radius 3 is 1.33 bits per heavy atom. The summed E-state index contributed by atoms with van der Waals surface area (Å²) in [4.78, 5) is 43.9. The van der Waals surface area contributed by atoms with E-state index in [1.807, 2.05) is 27.7 Å². The van der Waals surface area contributed by atoms with Crippen LogP contribution in [0, 0.1) is 0 Å². The van der Waals surface area contributed by atoms with Crippen LogP contribution < -0.4 is 0 Å². The second-order valence-corrected chi connectivity index (χ2v) is 5.25. The van der Waals surface area contributed by atoms with Crippen molar-refractivity contribution in [2.24, 2.45) is 0 Å². The normalized spacial score (nSPS) is 8.53. The summed E-state index contributed by atoms with van der Waals surface area (Å²) in [7, 11) is 2.63. The molecule has 164 valence electrons. The lowest BCUT2D eigenvalue weighted by Gasteiger charge is -2.00. The van der Waals surface area contributed by atoms with Crippen LogP contribution in [0.25, 0.3) is 0 Å². The molecule has 0 atom stereocenters. The molecule has 2 rings (SSSR count). The molecule has 0 fully saturated rings. The van der Waals surface area contributed by atoms with Crippen molar-refractivity contribution in [1.29, 1.82) is 0 Å². The second kappa shape index (κ2) is 16.7. The highest BCUT2D eigenvalue weighted by Crippen LogP contribution is 2.07. The number of ether oxygens (including phenoxy) is 2. The van der Waals surface area contributed by atoms with Crippen LogP contribution in [0.15, 0.2) is 48.5 Å². The van der Waals surface area contributed by atoms with Crippen molar-refractivity contribution in [3.05, 3.63) is 70.8 Å². The molecule has 30 heavy (non-hydrogen) atoms. The van der Waals surface area contributed by atoms with Gasteiger partial charge in [0.2, 0.25) is 0 Å². The fourth-order valence-electron chi connectivity index (χ4n) is 1.94. The smallest absolute Gasteiger partial charge is 0.337 e. The second-order valence-electron chi connectivity index (χ2n) is 5.25. The Labute approximate surface area is 179 Å². The van der Waals surface area contributed by atoms with Crippen molar-refractivity contribution in [3.63, 3.8) is 0 Å². The molecule has 0 saturated carbocycles. The molecule has 0 aliphatic heterocycles. The lowest BCUT2D eigenvalue weighted by molar-refractivity contribution is 0.0591. The minimum atomic E-state index is -0.428. The maximum absolute atomic E-state index is 11.1. The quantitative estimate of drug-likeness (QED) is 0.490. The molecule has 0 N–H and O–H groups in total. The number of esters is 2. The van der Waals surface area contributed by atoms with Gasteiger partial charge in [-0.3, -0.25) is 9.59 Å². The molecule has 0 aromatic heterocycles. The summed E-state index contributed by atoms with van der Waals surface area (Å²) in [6.45, 7) is 10.9. The van der Waals surface area contributed by atoms with Crippen molar-refractivity contribution < 1.29 is 28.7 Å². The molecule has 6 heteroatoms. The average molecular weight is 417 g/mol. The number of ketones is 2. The van der Waals surface area contributed by atoms with Crippen LogP contribution in [0.5, 0.6) is 0 Å². The van der Waals surface area contributed by atoms with Crippen molar-refractivity contribution in [1.82, 2.24) is 0 Å². The number of Topliss-reactive ketones (excluding diaryl/α,β-unsaturated/α-hetero) is 2. The van der Waals surface area contributed by atoms with Crippen LogP contribution in [0.2, 0.25) is 0 Å². The largest absolute Gasteiger partial charge is 0.465 e. The number of carbonyl (C=O) groups excluding carboxylic acids is 4. The van der Waals surface area contributed by atoms with E-state index in [-0.39, 0.29) is 11.6 Å². The molecule has 0 heterocycles. The highest BCUT2D eigenvalue weighted by Gasteiger charge is 2.07. The number of benzene rings is 2. The van der Waals surface area contributed by atoms with Crippen molar-refractivity contribution in [2.75, 3.05) is 14.2 Å². The summed E-state index contributed by atoms with van der Waals surface area (Å²) in [6, 6.07) is 12.8. The maximum atomic E-state index is 11.1.